The van der Waals surface area contributed by atoms with Crippen LogP contribution in [-0.2, 0) is 19.4 Å². The van der Waals surface area contributed by atoms with Gasteiger partial charge in [-0.1, -0.05) is 18.1 Å². The van der Waals surface area contributed by atoms with Gasteiger partial charge in [-0.25, -0.2) is 0 Å². The van der Waals surface area contributed by atoms with Crippen LogP contribution in [0.5, 0.6) is 0 Å². The van der Waals surface area contributed by atoms with E-state index < -0.39 is 0 Å². The summed E-state index contributed by atoms with van der Waals surface area (Å²) < 4.78 is 2.38. The molecule has 0 radical (unpaired) electrons. The fraction of sp³-hybridized carbons (Fsp3) is 0.579. The molecule has 0 bridgehead atoms. The van der Waals surface area contributed by atoms with Gasteiger partial charge in [0.25, 0.3) is 5.56 Å². The molecule has 4 rings (SSSR count). The Morgan fingerprint density at radius 3 is 2.79 bits per heavy atom. The van der Waals surface area contributed by atoms with Crippen LogP contribution in [0.1, 0.15) is 61.8 Å². The monoisotopic (exact) mass is 360 g/mol. The van der Waals surface area contributed by atoms with E-state index >= 15 is 0 Å². The molecule has 5 heteroatoms. The predicted octanol–water partition coefficient (Wildman–Crippen LogP) is 5.28. The summed E-state index contributed by atoms with van der Waals surface area (Å²) in [5.74, 6) is 0. The summed E-state index contributed by atoms with van der Waals surface area (Å²) in [5, 5.41) is 0.920. The quantitative estimate of drug-likeness (QED) is 0.459. The first kappa shape index (κ1) is 16.3. The van der Waals surface area contributed by atoms with E-state index in [1.54, 1.807) is 15.9 Å². The summed E-state index contributed by atoms with van der Waals surface area (Å²) in [5.41, 5.74) is 2.92. The predicted molar refractivity (Wildman–Crippen MR) is 104 cm³/mol. The molecule has 2 aliphatic rings. The van der Waals surface area contributed by atoms with Gasteiger partial charge in [-0.05, 0) is 75.6 Å². The SMILES string of the molecule is O=c1c2c3c(sc2[nH]c(=S)n1CCC1=CCCCC1)CCCCC3. The molecule has 0 aromatic carbocycles. The Morgan fingerprint density at radius 2 is 1.96 bits per heavy atom. The second-order valence-electron chi connectivity index (χ2n) is 7.01. The molecular formula is C19H24N2OS2. The first-order valence-electron chi connectivity index (χ1n) is 9.19. The largest absolute Gasteiger partial charge is 0.323 e. The number of nitrogens with zero attached hydrogens (tertiary/aromatic N) is 1. The molecule has 0 unspecified atom stereocenters. The highest BCUT2D eigenvalue weighted by Crippen LogP contribution is 2.33. The summed E-state index contributed by atoms with van der Waals surface area (Å²) >= 11 is 7.25. The second-order valence-corrected chi connectivity index (χ2v) is 8.51. The van der Waals surface area contributed by atoms with Crippen LogP contribution in [0.2, 0.25) is 0 Å². The van der Waals surface area contributed by atoms with Crippen LogP contribution in [0, 0.1) is 4.77 Å². The van der Waals surface area contributed by atoms with Crippen LogP contribution in [-0.4, -0.2) is 9.55 Å². The van der Waals surface area contributed by atoms with E-state index in [0.717, 1.165) is 29.5 Å². The van der Waals surface area contributed by atoms with Crippen molar-refractivity contribution < 1.29 is 0 Å². The molecule has 0 atom stereocenters. The average molecular weight is 361 g/mol. The highest BCUT2D eigenvalue weighted by atomic mass is 32.1. The van der Waals surface area contributed by atoms with Crippen molar-refractivity contribution in [2.24, 2.45) is 0 Å². The van der Waals surface area contributed by atoms with Gasteiger partial charge in [-0.3, -0.25) is 9.36 Å². The molecule has 0 spiro atoms. The number of thiophene rings is 1. The topological polar surface area (TPSA) is 37.8 Å². The molecule has 128 valence electrons. The van der Waals surface area contributed by atoms with E-state index in [9.17, 15) is 4.79 Å². The third kappa shape index (κ3) is 3.04. The van der Waals surface area contributed by atoms with E-state index in [1.165, 1.54) is 61.0 Å². The molecule has 0 saturated carbocycles. The van der Waals surface area contributed by atoms with Crippen molar-refractivity contribution in [3.63, 3.8) is 0 Å². The van der Waals surface area contributed by atoms with Crippen molar-refractivity contribution in [3.8, 4) is 0 Å². The minimum Gasteiger partial charge on any atom is -0.323 e. The molecule has 0 fully saturated rings. The highest BCUT2D eigenvalue weighted by molar-refractivity contribution is 7.71. The van der Waals surface area contributed by atoms with Gasteiger partial charge in [0.1, 0.15) is 4.83 Å². The third-order valence-electron chi connectivity index (χ3n) is 5.39. The van der Waals surface area contributed by atoms with E-state index in [4.69, 9.17) is 12.2 Å². The molecule has 0 aliphatic heterocycles. The molecule has 3 nitrogen and oxygen atoms in total. The van der Waals surface area contributed by atoms with Crippen LogP contribution in [0.4, 0.5) is 0 Å². The molecule has 0 saturated heterocycles. The van der Waals surface area contributed by atoms with Crippen molar-refractivity contribution in [2.75, 3.05) is 0 Å². The Hall–Kier alpha value is -1.20. The lowest BCUT2D eigenvalue weighted by molar-refractivity contribution is 0.605. The maximum Gasteiger partial charge on any atom is 0.263 e. The molecule has 24 heavy (non-hydrogen) atoms. The first-order chi connectivity index (χ1) is 11.7. The van der Waals surface area contributed by atoms with Gasteiger partial charge in [0.15, 0.2) is 4.77 Å². The number of allylic oxidation sites excluding steroid dienone is 2. The molecule has 0 amide bonds. The third-order valence-corrected chi connectivity index (χ3v) is 6.92. The number of aryl methyl sites for hydroxylation is 2. The van der Waals surface area contributed by atoms with Crippen LogP contribution in [0.3, 0.4) is 0 Å². The number of nitrogens with one attached hydrogen (secondary N) is 1. The van der Waals surface area contributed by atoms with Crippen molar-refractivity contribution >= 4 is 33.8 Å². The van der Waals surface area contributed by atoms with Gasteiger partial charge in [-0.15, -0.1) is 11.3 Å². The van der Waals surface area contributed by atoms with Gasteiger partial charge < -0.3 is 4.98 Å². The lowest BCUT2D eigenvalue weighted by atomic mass is 9.97. The molecule has 2 heterocycles. The summed E-state index contributed by atoms with van der Waals surface area (Å²) in [6.07, 6.45) is 14.1. The molecular weight excluding hydrogens is 336 g/mol. The highest BCUT2D eigenvalue weighted by Gasteiger charge is 2.19. The van der Waals surface area contributed by atoms with E-state index in [0.29, 0.717) is 11.3 Å². The standard InChI is InChI=1S/C19H24N2OS2/c22-18-16-14-9-5-2-6-10-15(14)24-17(16)20-19(23)21(18)12-11-13-7-3-1-4-8-13/h7H,1-6,8-12H2,(H,20,23). The number of aromatic nitrogens is 2. The minimum atomic E-state index is 0.129. The first-order valence-corrected chi connectivity index (χ1v) is 10.4. The van der Waals surface area contributed by atoms with Crippen LogP contribution < -0.4 is 5.56 Å². The Labute approximate surface area is 151 Å². The van der Waals surface area contributed by atoms with Crippen molar-refractivity contribution in [3.05, 3.63) is 37.2 Å². The van der Waals surface area contributed by atoms with Gasteiger partial charge in [-0.2, -0.15) is 0 Å². The van der Waals surface area contributed by atoms with Crippen LogP contribution in [0.15, 0.2) is 16.4 Å². The minimum absolute atomic E-state index is 0.129. The normalized spacial score (nSPS) is 18.2. The second kappa shape index (κ2) is 6.96. The molecule has 2 aliphatic carbocycles. The molecule has 1 N–H and O–H groups in total. The van der Waals surface area contributed by atoms with Crippen molar-refractivity contribution in [2.45, 2.75) is 70.8 Å². The Balaban J connectivity index is 1.73. The summed E-state index contributed by atoms with van der Waals surface area (Å²) in [4.78, 5) is 18.9. The number of fused-ring (bicyclic) bond motifs is 3. The van der Waals surface area contributed by atoms with Crippen molar-refractivity contribution in [1.82, 2.24) is 9.55 Å². The van der Waals surface area contributed by atoms with Crippen LogP contribution in [0.25, 0.3) is 10.2 Å². The maximum absolute atomic E-state index is 13.1. The van der Waals surface area contributed by atoms with Gasteiger partial charge in [0, 0.05) is 11.4 Å². The van der Waals surface area contributed by atoms with E-state index in [2.05, 4.69) is 11.1 Å². The van der Waals surface area contributed by atoms with Gasteiger partial charge in [0.2, 0.25) is 0 Å². The van der Waals surface area contributed by atoms with E-state index in [1.807, 2.05) is 0 Å². The summed E-state index contributed by atoms with van der Waals surface area (Å²) in [6.45, 7) is 0.709. The van der Waals surface area contributed by atoms with Crippen LogP contribution >= 0.6 is 23.6 Å². The zero-order valence-electron chi connectivity index (χ0n) is 14.0. The number of hydrogen-bond donors (Lipinski definition) is 1. The zero-order chi connectivity index (χ0) is 16.5. The summed E-state index contributed by atoms with van der Waals surface area (Å²) in [6, 6.07) is 0. The van der Waals surface area contributed by atoms with Crippen molar-refractivity contribution in [1.29, 1.82) is 0 Å². The number of rotatable bonds is 3. The van der Waals surface area contributed by atoms with Gasteiger partial charge in [0.05, 0.1) is 5.39 Å². The zero-order valence-corrected chi connectivity index (χ0v) is 15.7. The lowest BCUT2D eigenvalue weighted by Gasteiger charge is -2.13. The average Bonchev–Trinajstić information content (AvgIpc) is 2.77. The Morgan fingerprint density at radius 1 is 1.12 bits per heavy atom. The number of H-pyrrole nitrogens is 1. The smallest absolute Gasteiger partial charge is 0.263 e. The summed E-state index contributed by atoms with van der Waals surface area (Å²) in [7, 11) is 0. The fourth-order valence-corrected chi connectivity index (χ4v) is 5.66. The number of aromatic amines is 1. The van der Waals surface area contributed by atoms with E-state index in [-0.39, 0.29) is 5.56 Å². The van der Waals surface area contributed by atoms with Gasteiger partial charge >= 0.3 is 0 Å². The fourth-order valence-electron chi connectivity index (χ4n) is 4.04. The lowest BCUT2D eigenvalue weighted by Crippen LogP contribution is -2.23. The molecule has 2 aromatic heterocycles. The Kier molecular flexibility index (Phi) is 4.72. The molecule has 2 aromatic rings. The Bertz CT molecular complexity index is 900. The maximum atomic E-state index is 13.1. The number of hydrogen-bond acceptors (Lipinski definition) is 3.